The highest BCUT2D eigenvalue weighted by molar-refractivity contribution is 7.88. The van der Waals surface area contributed by atoms with Gasteiger partial charge in [0, 0.05) is 36.7 Å². The van der Waals surface area contributed by atoms with Crippen molar-refractivity contribution in [2.24, 2.45) is 39.5 Å². The molecule has 1 saturated carbocycles. The number of hydrogen-bond acceptors (Lipinski definition) is 6. The van der Waals surface area contributed by atoms with E-state index in [2.05, 4.69) is 61.9 Å². The number of rotatable bonds is 6. The van der Waals surface area contributed by atoms with Crippen LogP contribution < -0.4 is 21.7 Å². The monoisotopic (exact) mass is 611 g/mol. The van der Waals surface area contributed by atoms with Gasteiger partial charge in [0.1, 0.15) is 6.04 Å². The Morgan fingerprint density at radius 3 is 2.12 bits per heavy atom. The molecule has 0 aromatic carbocycles. The topological polar surface area (TPSA) is 186 Å². The maximum atomic E-state index is 12.3. The van der Waals surface area contributed by atoms with Gasteiger partial charge in [0.15, 0.2) is 0 Å². The molecule has 4 unspecified atom stereocenters. The van der Waals surface area contributed by atoms with E-state index in [1.54, 1.807) is 0 Å². The zero-order valence-electron chi connectivity index (χ0n) is 26.9. The summed E-state index contributed by atoms with van der Waals surface area (Å²) in [6.07, 6.45) is 5.48. The minimum Gasteiger partial charge on any atom is -0.368 e. The van der Waals surface area contributed by atoms with Gasteiger partial charge < -0.3 is 20.9 Å². The fourth-order valence-corrected chi connectivity index (χ4v) is 5.38. The maximum Gasteiger partial charge on any atom is 0.251 e. The molecule has 6 N–H and O–H groups in total. The number of aryl methyl sites for hydroxylation is 2. The van der Waals surface area contributed by atoms with E-state index in [0.717, 1.165) is 68.1 Å². The van der Waals surface area contributed by atoms with Gasteiger partial charge in [-0.25, -0.2) is 13.6 Å². The second-order valence-electron chi connectivity index (χ2n) is 13.0. The van der Waals surface area contributed by atoms with Crippen molar-refractivity contribution in [2.75, 3.05) is 19.3 Å². The highest BCUT2D eigenvalue weighted by atomic mass is 32.2. The molecule has 0 spiro atoms. The molecule has 4 rings (SSSR count). The van der Waals surface area contributed by atoms with Gasteiger partial charge in [0.05, 0.1) is 6.26 Å². The Morgan fingerprint density at radius 1 is 1.17 bits per heavy atom. The predicted octanol–water partition coefficient (Wildman–Crippen LogP) is 2.11. The second kappa shape index (κ2) is 15.1. The Kier molecular flexibility index (Phi) is 13.4. The minimum atomic E-state index is -3.17. The van der Waals surface area contributed by atoms with Crippen molar-refractivity contribution in [1.82, 2.24) is 15.2 Å². The standard InChI is InChI=1S/C14H25NO.C13H17N3O3.C2H6.CH5NO2S/c1-9(13(2,3)4)12(16)15-7-10-11(8-15)14(10,5)6;14-12(18)11(15-7-17)6-9-5-8-3-1-2-4-10(8)16-13(9)19;1-2;1-5(2,3)4/h9-11H,7-8H2,1-6H3;5,7,11H,1-4,6H2,(H2,14,18)(H,15,17)(H,16,19);1-2H3;1H3,(H2,2,3,4). The fourth-order valence-electron chi connectivity index (χ4n) is 5.38. The number of carbonyl (C=O) groups is 3. The normalized spacial score (nSPS) is 21.2. The van der Waals surface area contributed by atoms with Crippen molar-refractivity contribution in [3.8, 4) is 0 Å². The van der Waals surface area contributed by atoms with E-state index in [9.17, 15) is 27.6 Å². The number of pyridine rings is 1. The Hall–Kier alpha value is -2.73. The van der Waals surface area contributed by atoms with Gasteiger partial charge in [-0.1, -0.05) is 55.4 Å². The smallest absolute Gasteiger partial charge is 0.251 e. The van der Waals surface area contributed by atoms with Gasteiger partial charge in [0.25, 0.3) is 5.56 Å². The molecule has 2 heterocycles. The summed E-state index contributed by atoms with van der Waals surface area (Å²) in [5.74, 6) is 1.38. The summed E-state index contributed by atoms with van der Waals surface area (Å²) < 4.78 is 18.8. The lowest BCUT2D eigenvalue weighted by Gasteiger charge is -2.31. The van der Waals surface area contributed by atoms with Crippen LogP contribution in [0.4, 0.5) is 0 Å². The van der Waals surface area contributed by atoms with Gasteiger partial charge in [-0.3, -0.25) is 19.2 Å². The molecule has 1 aliphatic heterocycles. The summed E-state index contributed by atoms with van der Waals surface area (Å²) >= 11 is 0. The zero-order valence-corrected chi connectivity index (χ0v) is 27.7. The van der Waals surface area contributed by atoms with Crippen LogP contribution in [0.1, 0.15) is 85.1 Å². The second-order valence-corrected chi connectivity index (χ2v) is 14.6. The first kappa shape index (κ1) is 37.3. The number of H-pyrrole nitrogens is 1. The summed E-state index contributed by atoms with van der Waals surface area (Å²) in [7, 11) is -3.17. The van der Waals surface area contributed by atoms with Crippen molar-refractivity contribution in [3.63, 3.8) is 0 Å². The van der Waals surface area contributed by atoms with Crippen molar-refractivity contribution in [3.05, 3.63) is 33.2 Å². The van der Waals surface area contributed by atoms with Crippen LogP contribution in [0.5, 0.6) is 0 Å². The van der Waals surface area contributed by atoms with Gasteiger partial charge >= 0.3 is 0 Å². The lowest BCUT2D eigenvalue weighted by Crippen LogP contribution is -2.43. The van der Waals surface area contributed by atoms with Crippen LogP contribution in [0.25, 0.3) is 0 Å². The number of nitrogens with zero attached hydrogens (tertiary/aromatic N) is 1. The number of nitrogens with one attached hydrogen (secondary N) is 2. The number of sulfonamides is 1. The van der Waals surface area contributed by atoms with Crippen LogP contribution in [0, 0.1) is 28.6 Å². The molecule has 0 radical (unpaired) electrons. The van der Waals surface area contributed by atoms with Crippen LogP contribution in [0.3, 0.4) is 0 Å². The van der Waals surface area contributed by atoms with Gasteiger partial charge in [0.2, 0.25) is 28.2 Å². The molecular weight excluding hydrogens is 558 g/mol. The van der Waals surface area contributed by atoms with Crippen LogP contribution in [-0.4, -0.2) is 61.9 Å². The molecule has 3 amide bonds. The third kappa shape index (κ3) is 10.8. The Labute approximate surface area is 251 Å². The first-order valence-corrected chi connectivity index (χ1v) is 16.7. The van der Waals surface area contributed by atoms with Gasteiger partial charge in [-0.2, -0.15) is 0 Å². The van der Waals surface area contributed by atoms with Crippen LogP contribution in [-0.2, 0) is 43.7 Å². The summed E-state index contributed by atoms with van der Waals surface area (Å²) in [6, 6.07) is 0.982. The molecule has 3 aliphatic rings. The average Bonchev–Trinajstić information content (AvgIpc) is 3.20. The number of aromatic amines is 1. The molecule has 11 nitrogen and oxygen atoms in total. The van der Waals surface area contributed by atoms with Crippen molar-refractivity contribution in [2.45, 2.75) is 93.5 Å². The number of piperidine rings is 1. The number of primary amides is 1. The lowest BCUT2D eigenvalue weighted by molar-refractivity contribution is -0.138. The van der Waals surface area contributed by atoms with Crippen LogP contribution in [0.2, 0.25) is 0 Å². The Morgan fingerprint density at radius 2 is 1.67 bits per heavy atom. The summed E-state index contributed by atoms with van der Waals surface area (Å²) in [5, 5.41) is 6.66. The summed E-state index contributed by atoms with van der Waals surface area (Å²) in [4.78, 5) is 50.8. The van der Waals surface area contributed by atoms with E-state index >= 15 is 0 Å². The highest BCUT2D eigenvalue weighted by Crippen LogP contribution is 2.62. The Balaban J connectivity index is 0.000000348. The number of primary sulfonamides is 1. The van der Waals surface area contributed by atoms with Gasteiger partial charge in [-0.05, 0) is 60.0 Å². The zero-order chi connectivity index (χ0) is 32.6. The van der Waals surface area contributed by atoms with E-state index in [4.69, 9.17) is 5.73 Å². The fraction of sp³-hybridized carbons (Fsp3) is 0.733. The first-order chi connectivity index (χ1) is 19.3. The van der Waals surface area contributed by atoms with E-state index in [1.807, 2.05) is 19.9 Å². The van der Waals surface area contributed by atoms with Crippen molar-refractivity contribution < 1.29 is 22.8 Å². The minimum absolute atomic E-state index is 0.0827. The molecule has 2 aliphatic carbocycles. The van der Waals surface area contributed by atoms with Crippen molar-refractivity contribution >= 4 is 28.2 Å². The van der Waals surface area contributed by atoms with Crippen LogP contribution >= 0.6 is 0 Å². The molecular formula is C30H53N5O6S. The summed E-state index contributed by atoms with van der Waals surface area (Å²) in [5.41, 5.74) is 8.15. The van der Waals surface area contributed by atoms with Crippen molar-refractivity contribution in [1.29, 1.82) is 0 Å². The molecule has 2 fully saturated rings. The molecule has 1 saturated heterocycles. The van der Waals surface area contributed by atoms with Gasteiger partial charge in [-0.15, -0.1) is 0 Å². The van der Waals surface area contributed by atoms with E-state index < -0.39 is 22.0 Å². The lowest BCUT2D eigenvalue weighted by atomic mass is 9.81. The largest absolute Gasteiger partial charge is 0.368 e. The van der Waals surface area contributed by atoms with Crippen LogP contribution in [0.15, 0.2) is 10.9 Å². The maximum absolute atomic E-state index is 12.3. The quantitative estimate of drug-likeness (QED) is 0.357. The molecule has 1 aromatic heterocycles. The Bertz CT molecular complexity index is 1230. The number of fused-ring (bicyclic) bond motifs is 2. The van der Waals surface area contributed by atoms with E-state index in [-0.39, 0.29) is 23.3 Å². The number of amides is 3. The highest BCUT2D eigenvalue weighted by Gasteiger charge is 2.62. The number of nitrogens with two attached hydrogens (primary N) is 2. The third-order valence-corrected chi connectivity index (χ3v) is 8.55. The summed E-state index contributed by atoms with van der Waals surface area (Å²) in [6.45, 7) is 19.2. The molecule has 4 atom stereocenters. The first-order valence-electron chi connectivity index (χ1n) is 14.8. The average molecular weight is 612 g/mol. The molecule has 0 bridgehead atoms. The third-order valence-electron chi connectivity index (χ3n) is 8.55. The molecule has 42 heavy (non-hydrogen) atoms. The number of likely N-dealkylation sites (tertiary alicyclic amines) is 1. The predicted molar refractivity (Wildman–Crippen MR) is 166 cm³/mol. The number of aromatic nitrogens is 1. The van der Waals surface area contributed by atoms with E-state index in [1.165, 1.54) is 0 Å². The molecule has 12 heteroatoms. The number of carbonyl (C=O) groups excluding carboxylic acids is 3. The SMILES string of the molecule is CC.CC(C(=O)N1CC2C(C1)C2(C)C)C(C)(C)C.CS(N)(=O)=O.NC(=O)C(Cc1cc2c([nH]c1=O)CCCC2)NC=O. The van der Waals surface area contributed by atoms with E-state index in [0.29, 0.717) is 23.3 Å². The number of hydrogen-bond donors (Lipinski definition) is 4. The molecule has 1 aromatic rings. The molecule has 240 valence electrons.